The number of hydrogen-bond donors (Lipinski definition) is 0. The Bertz CT molecular complexity index is 261. The average molecular weight is 268 g/mol. The molecule has 1 aliphatic rings. The molecule has 2 nitrogen and oxygen atoms in total. The standard InChI is InChI=1S/C12H20ClF2NO/c1-9(13)5-8-16(2)11(17)10-3-6-12(14,15)7-4-10/h9-10H,3-8H2,1-2H3. The number of nitrogens with zero attached hydrogens (tertiary/aromatic N) is 1. The number of alkyl halides is 3. The maximum atomic E-state index is 13.0. The molecule has 1 unspecified atom stereocenters. The first-order valence-corrected chi connectivity index (χ1v) is 6.52. The van der Waals surface area contributed by atoms with Crippen LogP contribution in [-0.4, -0.2) is 35.7 Å². The van der Waals surface area contributed by atoms with Gasteiger partial charge in [0.2, 0.25) is 11.8 Å². The first-order chi connectivity index (χ1) is 7.82. The highest BCUT2D eigenvalue weighted by Crippen LogP contribution is 2.36. The van der Waals surface area contributed by atoms with Gasteiger partial charge in [0.05, 0.1) is 0 Å². The van der Waals surface area contributed by atoms with Crippen molar-refractivity contribution in [1.82, 2.24) is 4.90 Å². The van der Waals surface area contributed by atoms with E-state index in [4.69, 9.17) is 11.6 Å². The van der Waals surface area contributed by atoms with Gasteiger partial charge in [0.25, 0.3) is 0 Å². The molecular weight excluding hydrogens is 248 g/mol. The summed E-state index contributed by atoms with van der Waals surface area (Å²) in [4.78, 5) is 13.6. The van der Waals surface area contributed by atoms with E-state index in [1.165, 1.54) is 0 Å². The minimum atomic E-state index is -2.57. The van der Waals surface area contributed by atoms with Crippen LogP contribution in [0.25, 0.3) is 0 Å². The Morgan fingerprint density at radius 2 is 2.00 bits per heavy atom. The number of amides is 1. The summed E-state index contributed by atoms with van der Waals surface area (Å²) in [6.45, 7) is 2.47. The van der Waals surface area contributed by atoms with Crippen molar-refractivity contribution >= 4 is 17.5 Å². The van der Waals surface area contributed by atoms with E-state index in [2.05, 4.69) is 0 Å². The summed E-state index contributed by atoms with van der Waals surface area (Å²) < 4.78 is 25.9. The molecule has 0 N–H and O–H groups in total. The summed E-state index contributed by atoms with van der Waals surface area (Å²) >= 11 is 5.81. The molecular formula is C12H20ClF2NO. The van der Waals surface area contributed by atoms with Gasteiger partial charge in [0.15, 0.2) is 0 Å². The molecule has 5 heteroatoms. The van der Waals surface area contributed by atoms with Crippen molar-refractivity contribution in [3.63, 3.8) is 0 Å². The second-order valence-electron chi connectivity index (χ2n) is 4.96. The Labute approximate surface area is 106 Å². The highest BCUT2D eigenvalue weighted by molar-refractivity contribution is 6.20. The number of carbonyl (C=O) groups excluding carboxylic acids is 1. The van der Waals surface area contributed by atoms with Crippen LogP contribution in [0.1, 0.15) is 39.0 Å². The molecule has 0 heterocycles. The van der Waals surface area contributed by atoms with Gasteiger partial charge in [-0.25, -0.2) is 8.78 Å². The molecule has 1 rings (SSSR count). The maximum Gasteiger partial charge on any atom is 0.248 e. The smallest absolute Gasteiger partial charge is 0.248 e. The molecule has 17 heavy (non-hydrogen) atoms. The Hall–Kier alpha value is -0.380. The van der Waals surface area contributed by atoms with Crippen LogP contribution in [0.2, 0.25) is 0 Å². The number of halogens is 3. The van der Waals surface area contributed by atoms with Gasteiger partial charge in [-0.2, -0.15) is 0 Å². The lowest BCUT2D eigenvalue weighted by Gasteiger charge is -2.30. The fourth-order valence-corrected chi connectivity index (χ4v) is 2.18. The predicted octanol–water partition coefficient (Wildman–Crippen LogP) is 3.29. The van der Waals surface area contributed by atoms with E-state index in [0.29, 0.717) is 19.4 Å². The highest BCUT2D eigenvalue weighted by Gasteiger charge is 2.38. The Morgan fingerprint density at radius 3 is 2.47 bits per heavy atom. The first kappa shape index (κ1) is 14.7. The monoisotopic (exact) mass is 267 g/mol. The van der Waals surface area contributed by atoms with Crippen LogP contribution >= 0.6 is 11.6 Å². The zero-order valence-corrected chi connectivity index (χ0v) is 11.1. The lowest BCUT2D eigenvalue weighted by Crippen LogP contribution is -2.38. The minimum absolute atomic E-state index is 0.0159. The molecule has 0 aromatic carbocycles. The SMILES string of the molecule is CC(Cl)CCN(C)C(=O)C1CCC(F)(F)CC1. The molecule has 0 spiro atoms. The zero-order chi connectivity index (χ0) is 13.1. The molecule has 1 atom stereocenters. The normalized spacial score (nSPS) is 22.2. The molecule has 0 aliphatic heterocycles. The van der Waals surface area contributed by atoms with Crippen molar-refractivity contribution < 1.29 is 13.6 Å². The first-order valence-electron chi connectivity index (χ1n) is 6.09. The van der Waals surface area contributed by atoms with Crippen LogP contribution in [0.3, 0.4) is 0 Å². The second kappa shape index (κ2) is 5.98. The van der Waals surface area contributed by atoms with Crippen LogP contribution in [-0.2, 0) is 4.79 Å². The van der Waals surface area contributed by atoms with Crippen LogP contribution in [0.5, 0.6) is 0 Å². The molecule has 1 saturated carbocycles. The van der Waals surface area contributed by atoms with Crippen LogP contribution < -0.4 is 0 Å². The van der Waals surface area contributed by atoms with Gasteiger partial charge < -0.3 is 4.90 Å². The van der Waals surface area contributed by atoms with Crippen LogP contribution in [0, 0.1) is 5.92 Å². The average Bonchev–Trinajstić information content (AvgIpc) is 2.25. The molecule has 0 radical (unpaired) electrons. The van der Waals surface area contributed by atoms with Gasteiger partial charge in [-0.05, 0) is 26.2 Å². The second-order valence-corrected chi connectivity index (χ2v) is 5.70. The Kier molecular flexibility index (Phi) is 5.17. The maximum absolute atomic E-state index is 13.0. The van der Waals surface area contributed by atoms with Crippen molar-refractivity contribution in [1.29, 1.82) is 0 Å². The predicted molar refractivity (Wildman–Crippen MR) is 64.5 cm³/mol. The lowest BCUT2D eigenvalue weighted by atomic mass is 9.86. The summed E-state index contributed by atoms with van der Waals surface area (Å²) in [5.74, 6) is -2.82. The van der Waals surface area contributed by atoms with Crippen LogP contribution in [0.4, 0.5) is 8.78 Å². The largest absolute Gasteiger partial charge is 0.345 e. The third kappa shape index (κ3) is 4.78. The molecule has 0 saturated heterocycles. The van der Waals surface area contributed by atoms with Crippen molar-refractivity contribution in [3.05, 3.63) is 0 Å². The summed E-state index contributed by atoms with van der Waals surface area (Å²) in [7, 11) is 1.72. The molecule has 1 fully saturated rings. The van der Waals surface area contributed by atoms with Crippen molar-refractivity contribution in [2.45, 2.75) is 50.3 Å². The van der Waals surface area contributed by atoms with E-state index in [0.717, 1.165) is 6.42 Å². The van der Waals surface area contributed by atoms with E-state index < -0.39 is 5.92 Å². The third-order valence-corrected chi connectivity index (χ3v) is 3.52. The van der Waals surface area contributed by atoms with Gasteiger partial charge in [-0.3, -0.25) is 4.79 Å². The van der Waals surface area contributed by atoms with E-state index in [9.17, 15) is 13.6 Å². The van der Waals surface area contributed by atoms with E-state index >= 15 is 0 Å². The van der Waals surface area contributed by atoms with Gasteiger partial charge >= 0.3 is 0 Å². The fraction of sp³-hybridized carbons (Fsp3) is 0.917. The summed E-state index contributed by atoms with van der Waals surface area (Å²) in [6.07, 6.45) is 0.998. The summed E-state index contributed by atoms with van der Waals surface area (Å²) in [5, 5.41) is 0.0286. The lowest BCUT2D eigenvalue weighted by molar-refractivity contribution is -0.138. The number of carbonyl (C=O) groups is 1. The Morgan fingerprint density at radius 1 is 1.47 bits per heavy atom. The molecule has 100 valence electrons. The van der Waals surface area contributed by atoms with E-state index in [1.54, 1.807) is 11.9 Å². The highest BCUT2D eigenvalue weighted by atomic mass is 35.5. The number of rotatable bonds is 4. The van der Waals surface area contributed by atoms with Crippen molar-refractivity contribution in [2.24, 2.45) is 5.92 Å². The molecule has 0 bridgehead atoms. The fourth-order valence-electron chi connectivity index (χ4n) is 2.08. The molecule has 1 aliphatic carbocycles. The van der Waals surface area contributed by atoms with E-state index in [1.807, 2.05) is 6.92 Å². The number of hydrogen-bond acceptors (Lipinski definition) is 1. The Balaban J connectivity index is 2.38. The summed E-state index contributed by atoms with van der Waals surface area (Å²) in [6, 6.07) is 0. The quantitative estimate of drug-likeness (QED) is 0.716. The topological polar surface area (TPSA) is 20.3 Å². The zero-order valence-electron chi connectivity index (χ0n) is 10.4. The molecule has 0 aromatic rings. The van der Waals surface area contributed by atoms with Gasteiger partial charge in [-0.15, -0.1) is 11.6 Å². The van der Waals surface area contributed by atoms with Crippen molar-refractivity contribution in [3.8, 4) is 0 Å². The van der Waals surface area contributed by atoms with E-state index in [-0.39, 0.29) is 30.0 Å². The third-order valence-electron chi connectivity index (χ3n) is 3.30. The molecule has 0 aromatic heterocycles. The molecule has 1 amide bonds. The van der Waals surface area contributed by atoms with Crippen LogP contribution in [0.15, 0.2) is 0 Å². The van der Waals surface area contributed by atoms with Gasteiger partial charge in [0, 0.05) is 37.7 Å². The van der Waals surface area contributed by atoms with Gasteiger partial charge in [-0.1, -0.05) is 0 Å². The minimum Gasteiger partial charge on any atom is -0.345 e. The summed E-state index contributed by atoms with van der Waals surface area (Å²) in [5.41, 5.74) is 0. The van der Waals surface area contributed by atoms with Crippen molar-refractivity contribution in [2.75, 3.05) is 13.6 Å². The van der Waals surface area contributed by atoms with Gasteiger partial charge in [0.1, 0.15) is 0 Å².